The van der Waals surface area contributed by atoms with Crippen molar-refractivity contribution in [3.63, 3.8) is 0 Å². The van der Waals surface area contributed by atoms with E-state index in [2.05, 4.69) is 9.84 Å². The number of primary amides is 1. The van der Waals surface area contributed by atoms with Crippen molar-refractivity contribution in [2.45, 2.75) is 25.2 Å². The Hall–Kier alpha value is -0.750. The zero-order valence-corrected chi connectivity index (χ0v) is 8.28. The van der Waals surface area contributed by atoms with Crippen LogP contribution in [0.25, 0.3) is 0 Å². The molecule has 3 atom stereocenters. The molecule has 1 aliphatic rings. The van der Waals surface area contributed by atoms with Crippen molar-refractivity contribution < 1.29 is 23.5 Å². The molecule has 1 heterocycles. The van der Waals surface area contributed by atoms with Gasteiger partial charge < -0.3 is 15.8 Å². The summed E-state index contributed by atoms with van der Waals surface area (Å²) in [5.41, 5.74) is 4.89. The van der Waals surface area contributed by atoms with E-state index in [1.54, 1.807) is 0 Å². The van der Waals surface area contributed by atoms with E-state index >= 15 is 0 Å². The minimum atomic E-state index is -2.59. The van der Waals surface area contributed by atoms with Crippen LogP contribution in [0.1, 0.15) is 12.8 Å². The summed E-state index contributed by atoms with van der Waals surface area (Å²) in [6, 6.07) is -0.648. The van der Waals surface area contributed by atoms with E-state index in [1.165, 1.54) is 0 Å². The van der Waals surface area contributed by atoms with Crippen LogP contribution in [0.4, 0.5) is 4.79 Å². The highest BCUT2D eigenvalue weighted by molar-refractivity contribution is 7.32. The molecular formula is C6H12N2O5P+. The highest BCUT2D eigenvalue weighted by Crippen LogP contribution is 2.22. The maximum atomic E-state index is 10.4. The van der Waals surface area contributed by atoms with Crippen molar-refractivity contribution in [3.8, 4) is 0 Å². The first kappa shape index (κ1) is 11.3. The normalized spacial score (nSPS) is 27.4. The number of nitrogens with two attached hydrogens (primary N) is 1. The Morgan fingerprint density at radius 3 is 3.00 bits per heavy atom. The SMILES string of the molecule is NC(=O)NC1CCC(CO[P+](=O)O)O1. The molecule has 7 nitrogen and oxygen atoms in total. The summed E-state index contributed by atoms with van der Waals surface area (Å²) in [5.74, 6) is 0. The zero-order valence-electron chi connectivity index (χ0n) is 7.38. The molecule has 80 valence electrons. The molecule has 0 aromatic rings. The van der Waals surface area contributed by atoms with Crippen molar-refractivity contribution in [3.05, 3.63) is 0 Å². The average molecular weight is 223 g/mol. The molecular weight excluding hydrogens is 211 g/mol. The number of nitrogens with one attached hydrogen (secondary N) is 1. The highest BCUT2D eigenvalue weighted by atomic mass is 31.1. The van der Waals surface area contributed by atoms with Crippen LogP contribution >= 0.6 is 8.25 Å². The Kier molecular flexibility index (Phi) is 4.21. The topological polar surface area (TPSA) is 111 Å². The van der Waals surface area contributed by atoms with E-state index in [9.17, 15) is 9.36 Å². The Morgan fingerprint density at radius 1 is 1.71 bits per heavy atom. The first-order chi connectivity index (χ1) is 6.58. The van der Waals surface area contributed by atoms with Gasteiger partial charge in [0.25, 0.3) is 0 Å². The third kappa shape index (κ3) is 3.97. The van der Waals surface area contributed by atoms with Gasteiger partial charge in [0.2, 0.25) is 0 Å². The molecule has 1 rings (SSSR count). The van der Waals surface area contributed by atoms with E-state index < -0.39 is 20.5 Å². The second kappa shape index (κ2) is 5.21. The van der Waals surface area contributed by atoms with Gasteiger partial charge in [-0.3, -0.25) is 0 Å². The van der Waals surface area contributed by atoms with Crippen LogP contribution in [0.3, 0.4) is 0 Å². The van der Waals surface area contributed by atoms with Crippen molar-refractivity contribution >= 4 is 14.3 Å². The Labute approximate surface area is 81.5 Å². The van der Waals surface area contributed by atoms with E-state index in [0.717, 1.165) is 0 Å². The fourth-order valence-electron chi connectivity index (χ4n) is 1.24. The summed E-state index contributed by atoms with van der Waals surface area (Å²) >= 11 is 0. The van der Waals surface area contributed by atoms with Crippen LogP contribution in [-0.4, -0.2) is 29.9 Å². The van der Waals surface area contributed by atoms with Gasteiger partial charge in [-0.15, -0.1) is 9.42 Å². The Morgan fingerprint density at radius 2 is 2.43 bits per heavy atom. The van der Waals surface area contributed by atoms with Crippen molar-refractivity contribution in [1.82, 2.24) is 5.32 Å². The number of hydrogen-bond donors (Lipinski definition) is 3. The molecule has 8 heteroatoms. The predicted molar refractivity (Wildman–Crippen MR) is 46.4 cm³/mol. The van der Waals surface area contributed by atoms with Crippen LogP contribution in [0.5, 0.6) is 0 Å². The summed E-state index contributed by atoms with van der Waals surface area (Å²) in [6.45, 7) is 0.0443. The molecule has 0 aliphatic carbocycles. The Bertz CT molecular complexity index is 236. The van der Waals surface area contributed by atoms with Gasteiger partial charge in [0.1, 0.15) is 12.8 Å². The van der Waals surface area contributed by atoms with Gasteiger partial charge in [-0.1, -0.05) is 0 Å². The van der Waals surface area contributed by atoms with Crippen LogP contribution in [0, 0.1) is 0 Å². The lowest BCUT2D eigenvalue weighted by molar-refractivity contribution is 0.00807. The lowest BCUT2D eigenvalue weighted by atomic mass is 10.2. The molecule has 0 radical (unpaired) electrons. The number of rotatable bonds is 4. The second-order valence-corrected chi connectivity index (χ2v) is 3.60. The van der Waals surface area contributed by atoms with E-state index in [-0.39, 0.29) is 12.7 Å². The third-order valence-electron chi connectivity index (χ3n) is 1.78. The van der Waals surface area contributed by atoms with Crippen molar-refractivity contribution in [2.75, 3.05) is 6.61 Å². The largest absolute Gasteiger partial charge is 0.694 e. The number of carbonyl (C=O) groups excluding carboxylic acids is 1. The molecule has 4 N–H and O–H groups in total. The standard InChI is InChI=1S/C6H11N2O5P/c7-6(9)8-5-2-1-4(13-5)3-12-14(10)11/h4-5H,1-3H2,(H3-,7,8,9,10,11)/p+1. The molecule has 14 heavy (non-hydrogen) atoms. The fourth-order valence-corrected chi connectivity index (χ4v) is 1.53. The monoisotopic (exact) mass is 223 g/mol. The summed E-state index contributed by atoms with van der Waals surface area (Å²) in [4.78, 5) is 18.8. The predicted octanol–water partition coefficient (Wildman–Crippen LogP) is -0.174. The smallest absolute Gasteiger partial charge is 0.353 e. The van der Waals surface area contributed by atoms with Crippen LogP contribution in [-0.2, 0) is 13.8 Å². The molecule has 0 saturated carbocycles. The lowest BCUT2D eigenvalue weighted by Gasteiger charge is -2.11. The maximum Gasteiger partial charge on any atom is 0.694 e. The summed E-state index contributed by atoms with van der Waals surface area (Å²) in [6.07, 6.45) is 0.600. The average Bonchev–Trinajstić information content (AvgIpc) is 2.47. The number of ether oxygens (including phenoxy) is 1. The zero-order chi connectivity index (χ0) is 10.6. The number of amides is 2. The maximum absolute atomic E-state index is 10.4. The molecule has 1 fully saturated rings. The molecule has 1 saturated heterocycles. The van der Waals surface area contributed by atoms with Crippen LogP contribution in [0.2, 0.25) is 0 Å². The van der Waals surface area contributed by atoms with Gasteiger partial charge in [0, 0.05) is 4.57 Å². The first-order valence-corrected chi connectivity index (χ1v) is 5.21. The second-order valence-electron chi connectivity index (χ2n) is 2.87. The minimum absolute atomic E-state index is 0.0443. The quantitative estimate of drug-likeness (QED) is 0.573. The number of urea groups is 1. The lowest BCUT2D eigenvalue weighted by Crippen LogP contribution is -2.38. The van der Waals surface area contributed by atoms with Gasteiger partial charge in [-0.2, -0.15) is 0 Å². The summed E-state index contributed by atoms with van der Waals surface area (Å²) < 4.78 is 19.9. The van der Waals surface area contributed by atoms with Crippen molar-refractivity contribution in [2.24, 2.45) is 5.73 Å². The molecule has 0 aromatic heterocycles. The molecule has 0 bridgehead atoms. The summed E-state index contributed by atoms with van der Waals surface area (Å²) in [5, 5.41) is 2.39. The molecule has 0 aromatic carbocycles. The van der Waals surface area contributed by atoms with Gasteiger partial charge >= 0.3 is 14.3 Å². The highest BCUT2D eigenvalue weighted by Gasteiger charge is 2.28. The van der Waals surface area contributed by atoms with Gasteiger partial charge in [-0.05, 0) is 12.8 Å². The molecule has 0 spiro atoms. The fraction of sp³-hybridized carbons (Fsp3) is 0.833. The number of carbonyl (C=O) groups is 1. The van der Waals surface area contributed by atoms with Gasteiger partial charge in [-0.25, -0.2) is 4.79 Å². The third-order valence-corrected chi connectivity index (χ3v) is 2.15. The molecule has 3 unspecified atom stereocenters. The van der Waals surface area contributed by atoms with Crippen LogP contribution in [0.15, 0.2) is 0 Å². The minimum Gasteiger partial charge on any atom is -0.353 e. The molecule has 2 amide bonds. The van der Waals surface area contributed by atoms with E-state index in [0.29, 0.717) is 12.8 Å². The van der Waals surface area contributed by atoms with Crippen LogP contribution < -0.4 is 11.1 Å². The van der Waals surface area contributed by atoms with Crippen molar-refractivity contribution in [1.29, 1.82) is 0 Å². The van der Waals surface area contributed by atoms with E-state index in [4.69, 9.17) is 15.4 Å². The summed E-state index contributed by atoms with van der Waals surface area (Å²) in [7, 11) is -2.59. The van der Waals surface area contributed by atoms with Gasteiger partial charge in [0.15, 0.2) is 0 Å². The first-order valence-electron chi connectivity index (χ1n) is 4.08. The van der Waals surface area contributed by atoms with E-state index in [1.807, 2.05) is 0 Å². The Balaban J connectivity index is 2.20. The number of hydrogen-bond acceptors (Lipinski definition) is 4. The molecule has 1 aliphatic heterocycles. The van der Waals surface area contributed by atoms with Gasteiger partial charge in [0.05, 0.1) is 6.10 Å².